The van der Waals surface area contributed by atoms with E-state index in [9.17, 15) is 0 Å². The monoisotopic (exact) mass is 491 g/mol. The molecule has 1 aromatic heterocycles. The fraction of sp³-hybridized carbons (Fsp3) is 0.552. The van der Waals surface area contributed by atoms with Crippen molar-refractivity contribution in [1.82, 2.24) is 14.5 Å². The molecule has 0 saturated heterocycles. The Morgan fingerprint density at radius 3 is 2.71 bits per heavy atom. The Balaban J connectivity index is 0.00000217. The number of hydrogen-bond acceptors (Lipinski definition) is 2. The van der Waals surface area contributed by atoms with Crippen molar-refractivity contribution in [2.45, 2.75) is 64.8 Å². The normalized spacial score (nSPS) is 38.4. The number of aromatic nitrogens is 2. The van der Waals surface area contributed by atoms with E-state index < -0.39 is 0 Å². The summed E-state index contributed by atoms with van der Waals surface area (Å²) in [6, 6.07) is 9.24. The fourth-order valence-electron chi connectivity index (χ4n) is 8.55. The van der Waals surface area contributed by atoms with Crippen LogP contribution in [0.1, 0.15) is 58.8 Å². The number of allylic oxidation sites excluding steroid dienone is 3. The molecule has 2 aromatic rings. The largest absolute Gasteiger partial charge is 0.673 e. The Morgan fingerprint density at radius 1 is 1.00 bits per heavy atom. The van der Waals surface area contributed by atoms with E-state index in [0.29, 0.717) is 11.5 Å². The van der Waals surface area contributed by atoms with Gasteiger partial charge in [0.05, 0.1) is 11.0 Å². The van der Waals surface area contributed by atoms with Crippen molar-refractivity contribution in [3.8, 4) is 0 Å². The average Bonchev–Trinajstić information content (AvgIpc) is 3.57. The molecule has 7 rings (SSSR count). The van der Waals surface area contributed by atoms with Crippen molar-refractivity contribution in [2.24, 2.45) is 28.6 Å². The maximum atomic E-state index is 4.72. The van der Waals surface area contributed by atoms with Crippen molar-refractivity contribution in [2.75, 3.05) is 6.67 Å². The van der Waals surface area contributed by atoms with Crippen LogP contribution in [0, 0.1) is 28.6 Å². The van der Waals surface area contributed by atoms with Crippen LogP contribution in [0.5, 0.6) is 0 Å². The van der Waals surface area contributed by atoms with Crippen LogP contribution in [0.25, 0.3) is 22.0 Å². The van der Waals surface area contributed by atoms with Crippen LogP contribution >= 0.6 is 0 Å². The number of nitrogens with zero attached hydrogens (tertiary/aromatic N) is 4. The summed E-state index contributed by atoms with van der Waals surface area (Å²) in [7, 11) is 0. The van der Waals surface area contributed by atoms with Gasteiger partial charge in [-0.3, -0.25) is 0 Å². The minimum Gasteiger partial charge on any atom is -0.673 e. The predicted molar refractivity (Wildman–Crippen MR) is 134 cm³/mol. The van der Waals surface area contributed by atoms with E-state index in [1.807, 2.05) is 6.20 Å². The van der Waals surface area contributed by atoms with Gasteiger partial charge in [-0.05, 0) is 86.4 Å². The molecular weight excluding hydrogens is 456 g/mol. The summed E-state index contributed by atoms with van der Waals surface area (Å²) in [4.78, 5) is 7.18. The van der Waals surface area contributed by atoms with Crippen molar-refractivity contribution < 1.29 is 17.4 Å². The molecule has 6 atom stereocenters. The third-order valence-corrected chi connectivity index (χ3v) is 10.4. The number of rotatable bonds is 2. The van der Waals surface area contributed by atoms with Gasteiger partial charge in [0.25, 0.3) is 0 Å². The Labute approximate surface area is 214 Å². The van der Waals surface area contributed by atoms with Gasteiger partial charge in [0.2, 0.25) is 0 Å². The smallest absolute Gasteiger partial charge is 0.100 e. The van der Waals surface area contributed by atoms with Crippen LogP contribution in [-0.4, -0.2) is 27.2 Å². The maximum Gasteiger partial charge on any atom is 0.100 e. The van der Waals surface area contributed by atoms with Gasteiger partial charge in [-0.1, -0.05) is 50.4 Å². The zero-order valence-corrected chi connectivity index (χ0v) is 21.6. The van der Waals surface area contributed by atoms with Gasteiger partial charge in [-0.2, -0.15) is 6.20 Å². The summed E-state index contributed by atoms with van der Waals surface area (Å²) in [5.41, 5.74) is 6.28. The summed E-state index contributed by atoms with van der Waals surface area (Å²) in [6.45, 7) is 6.03. The van der Waals surface area contributed by atoms with Gasteiger partial charge in [0, 0.05) is 34.5 Å². The Kier molecular flexibility index (Phi) is 5.32. The number of imidazole rings is 1. The molecule has 0 radical (unpaired) electrons. The Morgan fingerprint density at radius 2 is 1.85 bits per heavy atom. The van der Waals surface area contributed by atoms with E-state index in [1.165, 1.54) is 56.2 Å². The number of benzene rings is 1. The first-order valence-electron chi connectivity index (χ1n) is 13.0. The van der Waals surface area contributed by atoms with E-state index >= 15 is 0 Å². The number of fused-ring (bicyclic) bond motifs is 6. The molecular formula is C29H35CrN4-. The van der Waals surface area contributed by atoms with Gasteiger partial charge in [-0.25, -0.2) is 4.98 Å². The molecule has 0 N–H and O–H groups in total. The molecule has 0 amide bonds. The average molecular weight is 492 g/mol. The van der Waals surface area contributed by atoms with Gasteiger partial charge < -0.3 is 14.8 Å². The number of hydrogen-bond donors (Lipinski definition) is 0. The Bertz CT molecular complexity index is 1190. The first-order chi connectivity index (χ1) is 16.1. The second kappa shape index (κ2) is 8.04. The van der Waals surface area contributed by atoms with E-state index in [-0.39, 0.29) is 22.8 Å². The molecule has 6 unspecified atom stereocenters. The van der Waals surface area contributed by atoms with Crippen LogP contribution in [0.2, 0.25) is 0 Å². The summed E-state index contributed by atoms with van der Waals surface area (Å²) < 4.78 is 2.40. The minimum absolute atomic E-state index is 0. The third-order valence-electron chi connectivity index (χ3n) is 10.4. The van der Waals surface area contributed by atoms with Gasteiger partial charge >= 0.3 is 0 Å². The molecule has 2 saturated carbocycles. The van der Waals surface area contributed by atoms with Gasteiger partial charge in [0.1, 0.15) is 6.33 Å². The van der Waals surface area contributed by atoms with Crippen molar-refractivity contribution in [1.29, 1.82) is 0 Å². The third kappa shape index (κ3) is 3.06. The summed E-state index contributed by atoms with van der Waals surface area (Å²) in [5.74, 6) is 2.39. The van der Waals surface area contributed by atoms with E-state index in [2.05, 4.69) is 77.6 Å². The molecule has 5 aliphatic rings. The maximum absolute atomic E-state index is 4.72. The Hall–Kier alpha value is -1.96. The summed E-state index contributed by atoms with van der Waals surface area (Å²) in [5, 5.41) is 4.43. The molecule has 1 aliphatic heterocycles. The van der Waals surface area contributed by atoms with Crippen LogP contribution < -0.4 is 0 Å². The second-order valence-electron chi connectivity index (χ2n) is 11.7. The standard InChI is InChI=1S/C29H35N4.Cr/c1-28-13-11-21(32-16-15-30-18-32)17-20(28)7-8-22-23-9-10-27(29(23,2)14-12-24(22)28)33-19-31-25-5-3-4-6-26(25)33;/h3-7,10,15-16,19,21-24H,8-9,11-14,17-18H2,1-2H3;/q-1;. The fourth-order valence-corrected chi connectivity index (χ4v) is 8.55. The van der Waals surface area contributed by atoms with Crippen LogP contribution in [0.3, 0.4) is 0 Å². The van der Waals surface area contributed by atoms with Gasteiger partial charge in [0.15, 0.2) is 0 Å². The molecule has 0 bridgehead atoms. The zero-order chi connectivity index (χ0) is 22.2. The van der Waals surface area contributed by atoms with Crippen molar-refractivity contribution in [3.05, 3.63) is 66.0 Å². The van der Waals surface area contributed by atoms with E-state index in [4.69, 9.17) is 4.98 Å². The van der Waals surface area contributed by atoms with Crippen LogP contribution in [0.4, 0.5) is 0 Å². The minimum atomic E-state index is 0. The van der Waals surface area contributed by atoms with Crippen molar-refractivity contribution >= 4 is 16.7 Å². The van der Waals surface area contributed by atoms with Crippen LogP contribution in [-0.2, 0) is 17.4 Å². The molecule has 4 nitrogen and oxygen atoms in total. The molecule has 178 valence electrons. The molecule has 2 heterocycles. The first kappa shape index (κ1) is 22.5. The molecule has 5 heteroatoms. The zero-order valence-electron chi connectivity index (χ0n) is 20.4. The van der Waals surface area contributed by atoms with Crippen LogP contribution in [0.15, 0.2) is 60.7 Å². The summed E-state index contributed by atoms with van der Waals surface area (Å²) >= 11 is 0. The quantitative estimate of drug-likeness (QED) is 0.427. The molecule has 0 spiro atoms. The molecule has 34 heavy (non-hydrogen) atoms. The SMILES string of the molecule is CC12CCC(N3C=C[N-]C3)CC1=CCC1C2CCC2(C)C(n3cnc4ccccc43)=CCC12.[Cr]. The number of para-hydroxylation sites is 2. The van der Waals surface area contributed by atoms with Gasteiger partial charge in [-0.15, -0.1) is 0 Å². The van der Waals surface area contributed by atoms with E-state index in [1.54, 1.807) is 5.57 Å². The molecule has 4 aliphatic carbocycles. The molecule has 2 fully saturated rings. The predicted octanol–water partition coefficient (Wildman–Crippen LogP) is 6.93. The molecule has 1 aromatic carbocycles. The second-order valence-corrected chi connectivity index (χ2v) is 11.7. The topological polar surface area (TPSA) is 35.2 Å². The first-order valence-corrected chi connectivity index (χ1v) is 13.0. The summed E-state index contributed by atoms with van der Waals surface area (Å²) in [6.07, 6.45) is 20.5. The van der Waals surface area contributed by atoms with Crippen molar-refractivity contribution in [3.63, 3.8) is 0 Å². The van der Waals surface area contributed by atoms with E-state index in [0.717, 1.165) is 29.9 Å².